The van der Waals surface area contributed by atoms with Gasteiger partial charge < -0.3 is 19.6 Å². The molecule has 2 heterocycles. The van der Waals surface area contributed by atoms with Crippen molar-refractivity contribution in [2.24, 2.45) is 0 Å². The summed E-state index contributed by atoms with van der Waals surface area (Å²) < 4.78 is 5.36. The first-order chi connectivity index (χ1) is 12.5. The number of carbonyl (C=O) groups excluding carboxylic acids is 1. The molecule has 7 nitrogen and oxygen atoms in total. The summed E-state index contributed by atoms with van der Waals surface area (Å²) in [6.45, 7) is 4.48. The quantitative estimate of drug-likeness (QED) is 0.843. The number of para-hydroxylation sites is 1. The Hall–Kier alpha value is -1.99. The van der Waals surface area contributed by atoms with Gasteiger partial charge in [-0.2, -0.15) is 0 Å². The normalized spacial score (nSPS) is 23.0. The molecule has 27 heavy (non-hydrogen) atoms. The number of methoxy groups -OCH3 is 1. The molecular formula is C19H28ClN3O4. The maximum Gasteiger partial charge on any atom is 0.407 e. The smallest absolute Gasteiger partial charge is 0.407 e. The first-order valence-corrected chi connectivity index (χ1v) is 9.18. The van der Waals surface area contributed by atoms with Gasteiger partial charge >= 0.3 is 6.09 Å². The Morgan fingerprint density at radius 1 is 1.11 bits per heavy atom. The largest absolute Gasteiger partial charge is 0.496 e. The van der Waals surface area contributed by atoms with Gasteiger partial charge in [0.1, 0.15) is 11.9 Å². The topological polar surface area (TPSA) is 73.3 Å². The molecule has 1 N–H and O–H groups in total. The van der Waals surface area contributed by atoms with Gasteiger partial charge in [0, 0.05) is 31.7 Å². The second kappa shape index (κ2) is 9.28. The summed E-state index contributed by atoms with van der Waals surface area (Å²) in [4.78, 5) is 30.2. The average molecular weight is 398 g/mol. The van der Waals surface area contributed by atoms with E-state index in [0.717, 1.165) is 31.5 Å². The van der Waals surface area contributed by atoms with Crippen LogP contribution in [0.1, 0.15) is 25.3 Å². The molecule has 3 rings (SSSR count). The molecule has 150 valence electrons. The number of amides is 2. The highest BCUT2D eigenvalue weighted by Gasteiger charge is 2.42. The fourth-order valence-electron chi connectivity index (χ4n) is 4.14. The molecule has 1 aromatic carbocycles. The van der Waals surface area contributed by atoms with Crippen LogP contribution in [-0.2, 0) is 11.2 Å². The number of nitrogens with zero attached hydrogens (tertiary/aromatic N) is 3. The number of ether oxygens (including phenoxy) is 1. The van der Waals surface area contributed by atoms with Gasteiger partial charge in [0.15, 0.2) is 0 Å². The van der Waals surface area contributed by atoms with E-state index in [1.54, 1.807) is 7.11 Å². The van der Waals surface area contributed by atoms with Crippen LogP contribution in [0.3, 0.4) is 0 Å². The molecule has 2 atom stereocenters. The van der Waals surface area contributed by atoms with E-state index in [9.17, 15) is 14.7 Å². The molecule has 0 radical (unpaired) electrons. The van der Waals surface area contributed by atoms with Crippen LogP contribution >= 0.6 is 12.4 Å². The lowest BCUT2D eigenvalue weighted by atomic mass is 10.1. The number of rotatable bonds is 4. The highest BCUT2D eigenvalue weighted by atomic mass is 35.5. The summed E-state index contributed by atoms with van der Waals surface area (Å²) in [7, 11) is 1.60. The number of carbonyl (C=O) groups is 2. The van der Waals surface area contributed by atoms with Gasteiger partial charge in [0.25, 0.3) is 0 Å². The van der Waals surface area contributed by atoms with E-state index in [0.29, 0.717) is 18.8 Å². The van der Waals surface area contributed by atoms with E-state index in [1.807, 2.05) is 36.1 Å². The minimum absolute atomic E-state index is 0. The van der Waals surface area contributed by atoms with Crippen molar-refractivity contribution in [1.29, 1.82) is 0 Å². The zero-order chi connectivity index (χ0) is 18.7. The molecule has 2 aliphatic rings. The van der Waals surface area contributed by atoms with Crippen molar-refractivity contribution in [1.82, 2.24) is 14.7 Å². The Labute approximate surface area is 166 Å². The van der Waals surface area contributed by atoms with Crippen LogP contribution in [-0.4, -0.2) is 77.3 Å². The van der Waals surface area contributed by atoms with Crippen LogP contribution in [0.15, 0.2) is 24.3 Å². The van der Waals surface area contributed by atoms with Gasteiger partial charge in [0.05, 0.1) is 19.6 Å². The van der Waals surface area contributed by atoms with Crippen molar-refractivity contribution in [3.8, 4) is 5.75 Å². The number of hydrogen-bond donors (Lipinski definition) is 1. The third-order valence-electron chi connectivity index (χ3n) is 5.44. The molecule has 8 heteroatoms. The molecule has 2 fully saturated rings. The maximum atomic E-state index is 13.1. The average Bonchev–Trinajstić information content (AvgIpc) is 3.15. The molecule has 0 bridgehead atoms. The van der Waals surface area contributed by atoms with Gasteiger partial charge in [-0.3, -0.25) is 9.69 Å². The van der Waals surface area contributed by atoms with Crippen LogP contribution in [0.25, 0.3) is 0 Å². The van der Waals surface area contributed by atoms with Gasteiger partial charge in [-0.05, 0) is 25.8 Å². The standard InChI is InChI=1S/C19H27N3O4.ClH/c1-14-18(20-9-5-6-10-20)22(12-11-21(14)19(24)25)17(23)13-15-7-3-4-8-16(15)26-2;/h3-4,7-8,14,18H,5-6,9-13H2,1-2H3,(H,24,25);1H. The third kappa shape index (κ3) is 4.47. The van der Waals surface area contributed by atoms with Crippen LogP contribution < -0.4 is 4.74 Å². The lowest BCUT2D eigenvalue weighted by Gasteiger charge is -2.48. The lowest BCUT2D eigenvalue weighted by Crippen LogP contribution is -2.66. The van der Waals surface area contributed by atoms with Gasteiger partial charge in [-0.15, -0.1) is 12.4 Å². The summed E-state index contributed by atoms with van der Waals surface area (Å²) in [6.07, 6.45) is 1.31. The van der Waals surface area contributed by atoms with Crippen LogP contribution in [0.4, 0.5) is 4.79 Å². The van der Waals surface area contributed by atoms with Crippen molar-refractivity contribution in [3.05, 3.63) is 29.8 Å². The van der Waals surface area contributed by atoms with Crippen molar-refractivity contribution >= 4 is 24.4 Å². The van der Waals surface area contributed by atoms with E-state index in [1.165, 1.54) is 4.90 Å². The summed E-state index contributed by atoms with van der Waals surface area (Å²) in [5.41, 5.74) is 0.855. The first-order valence-electron chi connectivity index (χ1n) is 9.18. The fourth-order valence-corrected chi connectivity index (χ4v) is 4.14. The van der Waals surface area contributed by atoms with Crippen LogP contribution in [0, 0.1) is 0 Å². The molecule has 0 spiro atoms. The molecule has 0 saturated carbocycles. The minimum atomic E-state index is -0.918. The van der Waals surface area contributed by atoms with Gasteiger partial charge in [-0.1, -0.05) is 18.2 Å². The number of benzene rings is 1. The Balaban J connectivity index is 0.00000261. The van der Waals surface area contributed by atoms with E-state index in [2.05, 4.69) is 4.90 Å². The summed E-state index contributed by atoms with van der Waals surface area (Å²) in [6, 6.07) is 7.28. The number of likely N-dealkylation sites (tertiary alicyclic amines) is 1. The van der Waals surface area contributed by atoms with Gasteiger partial charge in [-0.25, -0.2) is 4.79 Å². The zero-order valence-corrected chi connectivity index (χ0v) is 16.7. The Bertz CT molecular complexity index is 666. The number of hydrogen-bond acceptors (Lipinski definition) is 4. The molecular weight excluding hydrogens is 370 g/mol. The van der Waals surface area contributed by atoms with E-state index >= 15 is 0 Å². The van der Waals surface area contributed by atoms with E-state index in [-0.39, 0.29) is 36.9 Å². The zero-order valence-electron chi connectivity index (χ0n) is 15.8. The molecule has 2 aliphatic heterocycles. The third-order valence-corrected chi connectivity index (χ3v) is 5.44. The van der Waals surface area contributed by atoms with E-state index < -0.39 is 6.09 Å². The second-order valence-corrected chi connectivity index (χ2v) is 6.95. The highest BCUT2D eigenvalue weighted by molar-refractivity contribution is 5.85. The number of piperazine rings is 1. The number of halogens is 1. The summed E-state index contributed by atoms with van der Waals surface area (Å²) in [5.74, 6) is 0.721. The molecule has 0 aromatic heterocycles. The van der Waals surface area contributed by atoms with Crippen LogP contribution in [0.2, 0.25) is 0 Å². The lowest BCUT2D eigenvalue weighted by molar-refractivity contribution is -0.143. The predicted molar refractivity (Wildman–Crippen MR) is 104 cm³/mol. The SMILES string of the molecule is COc1ccccc1CC(=O)N1CCN(C(=O)O)C(C)C1N1CCCC1.Cl. The van der Waals surface area contributed by atoms with Gasteiger partial charge in [0.2, 0.25) is 5.91 Å². The van der Waals surface area contributed by atoms with Crippen molar-refractivity contribution in [2.75, 3.05) is 33.3 Å². The van der Waals surface area contributed by atoms with Crippen molar-refractivity contribution < 1.29 is 19.4 Å². The van der Waals surface area contributed by atoms with Crippen LogP contribution in [0.5, 0.6) is 5.75 Å². The summed E-state index contributed by atoms with van der Waals surface area (Å²) >= 11 is 0. The van der Waals surface area contributed by atoms with Crippen molar-refractivity contribution in [2.45, 2.75) is 38.4 Å². The Morgan fingerprint density at radius 2 is 1.74 bits per heavy atom. The number of carboxylic acid groups (broad SMARTS) is 1. The monoisotopic (exact) mass is 397 g/mol. The summed E-state index contributed by atoms with van der Waals surface area (Å²) in [5, 5.41) is 9.49. The first kappa shape index (κ1) is 21.3. The highest BCUT2D eigenvalue weighted by Crippen LogP contribution is 2.26. The minimum Gasteiger partial charge on any atom is -0.496 e. The fraction of sp³-hybridized carbons (Fsp3) is 0.579. The van der Waals surface area contributed by atoms with E-state index in [4.69, 9.17) is 4.74 Å². The second-order valence-electron chi connectivity index (χ2n) is 6.95. The molecule has 2 amide bonds. The molecule has 2 unspecified atom stereocenters. The molecule has 1 aromatic rings. The molecule has 0 aliphatic carbocycles. The maximum absolute atomic E-state index is 13.1. The van der Waals surface area contributed by atoms with Crippen molar-refractivity contribution in [3.63, 3.8) is 0 Å². The molecule has 2 saturated heterocycles. The Morgan fingerprint density at radius 3 is 2.37 bits per heavy atom. The Kier molecular flexibility index (Phi) is 7.33. The predicted octanol–water partition coefficient (Wildman–Crippen LogP) is 2.29.